The van der Waals surface area contributed by atoms with Gasteiger partial charge in [0.05, 0.1) is 17.7 Å². The molecule has 1 aliphatic rings. The molecule has 0 saturated carbocycles. The molecule has 0 bridgehead atoms. The van der Waals surface area contributed by atoms with Gasteiger partial charge in [-0.1, -0.05) is 56.3 Å². The summed E-state index contributed by atoms with van der Waals surface area (Å²) in [6.45, 7) is 10.8. The second-order valence-electron chi connectivity index (χ2n) is 8.12. The van der Waals surface area contributed by atoms with Crippen LogP contribution in [0, 0.1) is 0 Å². The lowest BCUT2D eigenvalue weighted by molar-refractivity contribution is -0.140. The lowest BCUT2D eigenvalue weighted by Crippen LogP contribution is -2.38. The van der Waals surface area contributed by atoms with Crippen LogP contribution in [0.25, 0.3) is 5.76 Å². The number of aliphatic hydroxyl groups is 1. The van der Waals surface area contributed by atoms with Crippen molar-refractivity contribution in [2.45, 2.75) is 39.8 Å². The summed E-state index contributed by atoms with van der Waals surface area (Å²) in [6.07, 6.45) is 0.0404. The van der Waals surface area contributed by atoms with Crippen LogP contribution in [0.3, 0.4) is 0 Å². The molecule has 6 heteroatoms. The highest BCUT2D eigenvalue weighted by Crippen LogP contribution is 2.39. The largest absolute Gasteiger partial charge is 0.507 e. The zero-order chi connectivity index (χ0) is 23.3. The number of hydrogen-bond acceptors (Lipinski definition) is 5. The maximum atomic E-state index is 13.1. The van der Waals surface area contributed by atoms with Crippen LogP contribution < -0.4 is 4.74 Å². The number of benzene rings is 2. The fraction of sp³-hybridized carbons (Fsp3) is 0.385. The normalized spacial score (nSPS) is 18.1. The lowest BCUT2D eigenvalue weighted by Gasteiger charge is -2.28. The van der Waals surface area contributed by atoms with Crippen molar-refractivity contribution in [3.63, 3.8) is 0 Å². The summed E-state index contributed by atoms with van der Waals surface area (Å²) in [4.78, 5) is 29.9. The van der Waals surface area contributed by atoms with E-state index in [0.29, 0.717) is 24.4 Å². The molecule has 2 aromatic carbocycles. The molecule has 1 N–H and O–H groups in total. The number of hydrogen-bond donors (Lipinski definition) is 1. The molecule has 1 fully saturated rings. The number of aliphatic hydroxyl groups excluding tert-OH is 1. The average molecular weight is 437 g/mol. The van der Waals surface area contributed by atoms with Crippen LogP contribution in [0.15, 0.2) is 60.2 Å². The van der Waals surface area contributed by atoms with Gasteiger partial charge in [0.2, 0.25) is 0 Å². The van der Waals surface area contributed by atoms with Gasteiger partial charge in [-0.25, -0.2) is 0 Å². The number of ether oxygens (including phenoxy) is 1. The van der Waals surface area contributed by atoms with Crippen LogP contribution in [0.5, 0.6) is 5.75 Å². The van der Waals surface area contributed by atoms with Gasteiger partial charge in [0.15, 0.2) is 0 Å². The number of likely N-dealkylation sites (N-methyl/N-ethyl adjacent to an activating group) is 1. The first-order valence-corrected chi connectivity index (χ1v) is 11.2. The van der Waals surface area contributed by atoms with Gasteiger partial charge < -0.3 is 19.6 Å². The number of Topliss-reactive ketones (excluding diaryl/α,β-unsaturated/α-hetero) is 1. The van der Waals surface area contributed by atoms with Crippen molar-refractivity contribution in [3.8, 4) is 5.75 Å². The summed E-state index contributed by atoms with van der Waals surface area (Å²) in [5.41, 5.74) is 1.40. The zero-order valence-corrected chi connectivity index (χ0v) is 19.2. The SMILES string of the molecule is CCN(CC)CCN1C(=O)C(=O)C(=C(O)c2ccccc2)[C@H]1c1ccc(OC(C)C)cc1. The molecule has 1 saturated heterocycles. The van der Waals surface area contributed by atoms with Crippen molar-refractivity contribution in [2.24, 2.45) is 0 Å². The number of nitrogens with zero attached hydrogens (tertiary/aromatic N) is 2. The van der Waals surface area contributed by atoms with Crippen molar-refractivity contribution in [1.29, 1.82) is 0 Å². The van der Waals surface area contributed by atoms with Crippen molar-refractivity contribution in [3.05, 3.63) is 71.3 Å². The van der Waals surface area contributed by atoms with Crippen LogP contribution in [-0.4, -0.2) is 58.9 Å². The van der Waals surface area contributed by atoms with E-state index in [2.05, 4.69) is 18.7 Å². The molecular weight excluding hydrogens is 404 g/mol. The summed E-state index contributed by atoms with van der Waals surface area (Å²) >= 11 is 0. The van der Waals surface area contributed by atoms with Gasteiger partial charge in [-0.2, -0.15) is 0 Å². The third-order valence-electron chi connectivity index (χ3n) is 5.71. The van der Waals surface area contributed by atoms with Crippen LogP contribution in [0.1, 0.15) is 44.9 Å². The average Bonchev–Trinajstić information content (AvgIpc) is 3.05. The maximum absolute atomic E-state index is 13.1. The Kier molecular flexibility index (Phi) is 7.70. The number of likely N-dealkylation sites (tertiary alicyclic amines) is 1. The first-order valence-electron chi connectivity index (χ1n) is 11.2. The van der Waals surface area contributed by atoms with E-state index in [1.165, 1.54) is 0 Å². The van der Waals surface area contributed by atoms with E-state index < -0.39 is 17.7 Å². The first-order chi connectivity index (χ1) is 15.4. The molecule has 0 aliphatic carbocycles. The molecule has 0 unspecified atom stereocenters. The van der Waals surface area contributed by atoms with Crippen molar-refractivity contribution in [1.82, 2.24) is 9.80 Å². The summed E-state index contributed by atoms with van der Waals surface area (Å²) in [5.74, 6) is -0.672. The Balaban J connectivity index is 2.05. The molecule has 1 atom stereocenters. The van der Waals surface area contributed by atoms with Gasteiger partial charge in [0.25, 0.3) is 11.7 Å². The van der Waals surface area contributed by atoms with Crippen LogP contribution >= 0.6 is 0 Å². The highest BCUT2D eigenvalue weighted by molar-refractivity contribution is 6.46. The van der Waals surface area contributed by atoms with Gasteiger partial charge in [-0.05, 0) is 44.6 Å². The zero-order valence-electron chi connectivity index (χ0n) is 19.2. The minimum absolute atomic E-state index is 0.0404. The van der Waals surface area contributed by atoms with E-state index >= 15 is 0 Å². The van der Waals surface area contributed by atoms with E-state index in [9.17, 15) is 14.7 Å². The first kappa shape index (κ1) is 23.5. The Morgan fingerprint density at radius 1 is 1.03 bits per heavy atom. The minimum Gasteiger partial charge on any atom is -0.507 e. The number of carbonyl (C=O) groups is 2. The number of carbonyl (C=O) groups excluding carboxylic acids is 2. The smallest absolute Gasteiger partial charge is 0.295 e. The fourth-order valence-corrected chi connectivity index (χ4v) is 4.00. The van der Waals surface area contributed by atoms with Gasteiger partial charge in [-0.15, -0.1) is 0 Å². The second kappa shape index (κ2) is 10.5. The lowest BCUT2D eigenvalue weighted by atomic mass is 9.95. The van der Waals surface area contributed by atoms with Gasteiger partial charge in [-0.3, -0.25) is 9.59 Å². The van der Waals surface area contributed by atoms with Crippen LogP contribution in [0.4, 0.5) is 0 Å². The van der Waals surface area contributed by atoms with Crippen molar-refractivity contribution in [2.75, 3.05) is 26.2 Å². The van der Waals surface area contributed by atoms with Gasteiger partial charge >= 0.3 is 0 Å². The third kappa shape index (κ3) is 5.02. The molecule has 1 aliphatic heterocycles. The minimum atomic E-state index is -0.654. The molecule has 1 amide bonds. The molecular formula is C26H32N2O4. The van der Waals surface area contributed by atoms with Crippen LogP contribution in [0.2, 0.25) is 0 Å². The molecule has 3 rings (SSSR count). The summed E-state index contributed by atoms with van der Waals surface area (Å²) in [5, 5.41) is 11.0. The molecule has 0 aromatic heterocycles. The molecule has 0 spiro atoms. The Hall–Kier alpha value is -3.12. The highest BCUT2D eigenvalue weighted by Gasteiger charge is 2.45. The summed E-state index contributed by atoms with van der Waals surface area (Å²) in [6, 6.07) is 15.6. The molecule has 6 nitrogen and oxygen atoms in total. The van der Waals surface area contributed by atoms with E-state index in [1.807, 2.05) is 44.2 Å². The molecule has 0 radical (unpaired) electrons. The van der Waals surface area contributed by atoms with E-state index in [0.717, 1.165) is 18.7 Å². The Bertz CT molecular complexity index is 963. The molecule has 1 heterocycles. The number of amides is 1. The quantitative estimate of drug-likeness (QED) is 0.362. The monoisotopic (exact) mass is 436 g/mol. The number of rotatable bonds is 9. The molecule has 32 heavy (non-hydrogen) atoms. The second-order valence-corrected chi connectivity index (χ2v) is 8.12. The maximum Gasteiger partial charge on any atom is 0.295 e. The fourth-order valence-electron chi connectivity index (χ4n) is 4.00. The third-order valence-corrected chi connectivity index (χ3v) is 5.71. The topological polar surface area (TPSA) is 70.1 Å². The number of ketones is 1. The standard InChI is InChI=1S/C26H32N2O4/c1-5-27(6-2)16-17-28-23(19-12-14-21(15-13-19)32-18(3)4)22(25(30)26(28)31)24(29)20-10-8-7-9-11-20/h7-15,18,23,29H,5-6,16-17H2,1-4H3/t23-/m1/s1. The highest BCUT2D eigenvalue weighted by atomic mass is 16.5. The predicted octanol–water partition coefficient (Wildman–Crippen LogP) is 4.24. The Morgan fingerprint density at radius 2 is 1.66 bits per heavy atom. The van der Waals surface area contributed by atoms with Gasteiger partial charge in [0, 0.05) is 18.7 Å². The Morgan fingerprint density at radius 3 is 2.22 bits per heavy atom. The summed E-state index contributed by atoms with van der Waals surface area (Å²) in [7, 11) is 0. The van der Waals surface area contributed by atoms with Gasteiger partial charge in [0.1, 0.15) is 11.5 Å². The molecule has 170 valence electrons. The predicted molar refractivity (Wildman–Crippen MR) is 125 cm³/mol. The Labute approximate surface area is 190 Å². The van der Waals surface area contributed by atoms with E-state index in [1.54, 1.807) is 29.2 Å². The van der Waals surface area contributed by atoms with Crippen LogP contribution in [-0.2, 0) is 9.59 Å². The summed E-state index contributed by atoms with van der Waals surface area (Å²) < 4.78 is 5.74. The van der Waals surface area contributed by atoms with Crippen molar-refractivity contribution < 1.29 is 19.4 Å². The van der Waals surface area contributed by atoms with E-state index in [4.69, 9.17) is 4.74 Å². The van der Waals surface area contributed by atoms with Crippen molar-refractivity contribution >= 4 is 17.4 Å². The van der Waals surface area contributed by atoms with E-state index in [-0.39, 0.29) is 17.4 Å². The molecule has 2 aromatic rings.